The van der Waals surface area contributed by atoms with Gasteiger partial charge < -0.3 is 10.4 Å². The highest BCUT2D eigenvalue weighted by atomic mass is 32.2. The summed E-state index contributed by atoms with van der Waals surface area (Å²) in [5.41, 5.74) is 0. The van der Waals surface area contributed by atoms with Gasteiger partial charge in [-0.3, -0.25) is 0 Å². The van der Waals surface area contributed by atoms with Crippen molar-refractivity contribution in [2.75, 3.05) is 18.1 Å². The minimum Gasteiger partial charge on any atom is -0.382 e. The van der Waals surface area contributed by atoms with E-state index in [2.05, 4.69) is 5.32 Å². The van der Waals surface area contributed by atoms with E-state index in [4.69, 9.17) is 5.11 Å². The molecule has 1 aliphatic rings. The van der Waals surface area contributed by atoms with Crippen molar-refractivity contribution in [1.29, 1.82) is 0 Å². The first-order chi connectivity index (χ1) is 5.50. The van der Waals surface area contributed by atoms with Crippen molar-refractivity contribution in [3.63, 3.8) is 0 Å². The van der Waals surface area contributed by atoms with Crippen LogP contribution in [-0.4, -0.2) is 41.5 Å². The van der Waals surface area contributed by atoms with E-state index in [0.717, 1.165) is 11.5 Å². The Bertz CT molecular complexity index is 148. The second-order valence-electron chi connectivity index (χ2n) is 2.70. The Hall–Kier alpha value is 0.0600. The number of nitrogens with one attached hydrogen (secondary N) is 1. The normalized spacial score (nSPS) is 22.0. The van der Waals surface area contributed by atoms with E-state index in [1.165, 1.54) is 0 Å². The van der Waals surface area contributed by atoms with Gasteiger partial charge in [0.15, 0.2) is 6.10 Å². The number of aliphatic hydroxyl groups excluding tert-OH is 1. The molecule has 72 valence electrons. The minimum absolute atomic E-state index is 0.145. The zero-order valence-corrected chi connectivity index (χ0v) is 7.08. The zero-order chi connectivity index (χ0) is 9.19. The largest absolute Gasteiger partial charge is 0.415 e. The van der Waals surface area contributed by atoms with Crippen molar-refractivity contribution in [2.24, 2.45) is 0 Å². The van der Waals surface area contributed by atoms with Crippen molar-refractivity contribution in [1.82, 2.24) is 5.32 Å². The van der Waals surface area contributed by atoms with Gasteiger partial charge >= 0.3 is 6.18 Å². The van der Waals surface area contributed by atoms with Gasteiger partial charge in [0.25, 0.3) is 0 Å². The zero-order valence-electron chi connectivity index (χ0n) is 6.27. The summed E-state index contributed by atoms with van der Waals surface area (Å²) >= 11 is 1.68. The molecule has 1 atom stereocenters. The summed E-state index contributed by atoms with van der Waals surface area (Å²) in [5, 5.41) is 11.2. The first-order valence-electron chi connectivity index (χ1n) is 3.56. The van der Waals surface area contributed by atoms with Crippen molar-refractivity contribution >= 4 is 11.8 Å². The van der Waals surface area contributed by atoms with E-state index in [0.29, 0.717) is 0 Å². The Morgan fingerprint density at radius 1 is 1.50 bits per heavy atom. The maximum atomic E-state index is 11.7. The van der Waals surface area contributed by atoms with E-state index in [-0.39, 0.29) is 6.04 Å². The lowest BCUT2D eigenvalue weighted by atomic mass is 10.3. The molecular weight excluding hydrogens is 191 g/mol. The average molecular weight is 201 g/mol. The van der Waals surface area contributed by atoms with Crippen LogP contribution in [0.4, 0.5) is 13.2 Å². The SMILES string of the molecule is OC(CNC1CSC1)C(F)(F)F. The third-order valence-electron chi connectivity index (χ3n) is 1.62. The molecule has 2 nitrogen and oxygen atoms in total. The maximum Gasteiger partial charge on any atom is 0.415 e. The molecule has 0 aromatic carbocycles. The molecule has 1 aliphatic heterocycles. The van der Waals surface area contributed by atoms with Gasteiger partial charge in [-0.05, 0) is 0 Å². The Kier molecular flexibility index (Phi) is 3.25. The average Bonchev–Trinajstić information content (AvgIpc) is 1.81. The van der Waals surface area contributed by atoms with Gasteiger partial charge in [-0.2, -0.15) is 24.9 Å². The molecular formula is C6H10F3NOS. The van der Waals surface area contributed by atoms with Crippen LogP contribution >= 0.6 is 11.8 Å². The molecule has 1 rings (SSSR count). The molecule has 1 saturated heterocycles. The standard InChI is InChI=1S/C6H10F3NOS/c7-6(8,9)5(11)1-10-4-2-12-3-4/h4-5,10-11H,1-3H2. The van der Waals surface area contributed by atoms with E-state index >= 15 is 0 Å². The highest BCUT2D eigenvalue weighted by molar-refractivity contribution is 8.00. The number of rotatable bonds is 3. The predicted octanol–water partition coefficient (Wildman–Crippen LogP) is 0.615. The van der Waals surface area contributed by atoms with Crippen LogP contribution in [0, 0.1) is 0 Å². The van der Waals surface area contributed by atoms with Gasteiger partial charge in [-0.15, -0.1) is 0 Å². The molecule has 0 amide bonds. The summed E-state index contributed by atoms with van der Waals surface area (Å²) in [5.74, 6) is 1.68. The van der Waals surface area contributed by atoms with Crippen LogP contribution in [-0.2, 0) is 0 Å². The summed E-state index contributed by atoms with van der Waals surface area (Å²) in [6, 6.07) is 0.145. The highest BCUT2D eigenvalue weighted by Gasteiger charge is 2.38. The molecule has 2 N–H and O–H groups in total. The third kappa shape index (κ3) is 2.84. The monoisotopic (exact) mass is 201 g/mol. The first kappa shape index (κ1) is 10.1. The number of alkyl halides is 3. The van der Waals surface area contributed by atoms with Crippen LogP contribution in [0.5, 0.6) is 0 Å². The smallest absolute Gasteiger partial charge is 0.382 e. The fourth-order valence-electron chi connectivity index (χ4n) is 0.748. The molecule has 0 saturated carbocycles. The second kappa shape index (κ2) is 3.85. The van der Waals surface area contributed by atoms with Crippen molar-refractivity contribution < 1.29 is 18.3 Å². The molecule has 0 spiro atoms. The fraction of sp³-hybridized carbons (Fsp3) is 1.00. The maximum absolute atomic E-state index is 11.7. The molecule has 12 heavy (non-hydrogen) atoms. The Balaban J connectivity index is 2.13. The van der Waals surface area contributed by atoms with Crippen molar-refractivity contribution in [3.8, 4) is 0 Å². The number of hydrogen-bond acceptors (Lipinski definition) is 3. The second-order valence-corrected chi connectivity index (χ2v) is 3.77. The lowest BCUT2D eigenvalue weighted by Gasteiger charge is -2.27. The lowest BCUT2D eigenvalue weighted by molar-refractivity contribution is -0.202. The topological polar surface area (TPSA) is 32.3 Å². The number of hydrogen-bond donors (Lipinski definition) is 2. The number of halogens is 3. The van der Waals surface area contributed by atoms with E-state index in [9.17, 15) is 13.2 Å². The fourth-order valence-corrected chi connectivity index (χ4v) is 1.45. The van der Waals surface area contributed by atoms with E-state index < -0.39 is 18.8 Å². The minimum atomic E-state index is -4.50. The molecule has 1 fully saturated rings. The summed E-state index contributed by atoms with van der Waals surface area (Å²) < 4.78 is 35.2. The van der Waals surface area contributed by atoms with E-state index in [1.807, 2.05) is 0 Å². The molecule has 6 heteroatoms. The Morgan fingerprint density at radius 3 is 2.42 bits per heavy atom. The van der Waals surface area contributed by atoms with Crippen LogP contribution in [0.1, 0.15) is 0 Å². The molecule has 0 aliphatic carbocycles. The molecule has 0 radical (unpaired) electrons. The van der Waals surface area contributed by atoms with Crippen LogP contribution in [0.15, 0.2) is 0 Å². The lowest BCUT2D eigenvalue weighted by Crippen LogP contribution is -2.47. The van der Waals surface area contributed by atoms with Crippen molar-refractivity contribution in [3.05, 3.63) is 0 Å². The molecule has 1 unspecified atom stereocenters. The molecule has 0 aromatic rings. The van der Waals surface area contributed by atoms with Gasteiger partial charge in [0, 0.05) is 24.1 Å². The molecule has 0 bridgehead atoms. The summed E-state index contributed by atoms with van der Waals surface area (Å²) in [4.78, 5) is 0. The Labute approximate surface area is 72.5 Å². The van der Waals surface area contributed by atoms with Gasteiger partial charge in [0.05, 0.1) is 0 Å². The van der Waals surface area contributed by atoms with Crippen LogP contribution in [0.2, 0.25) is 0 Å². The summed E-state index contributed by atoms with van der Waals surface area (Å²) in [6.07, 6.45) is -6.73. The molecule has 1 heterocycles. The number of thioether (sulfide) groups is 1. The summed E-state index contributed by atoms with van der Waals surface area (Å²) in [7, 11) is 0. The highest BCUT2D eigenvalue weighted by Crippen LogP contribution is 2.21. The van der Waals surface area contributed by atoms with Gasteiger partial charge in [0.2, 0.25) is 0 Å². The predicted molar refractivity (Wildman–Crippen MR) is 41.2 cm³/mol. The van der Waals surface area contributed by atoms with Crippen LogP contribution in [0.3, 0.4) is 0 Å². The van der Waals surface area contributed by atoms with Gasteiger partial charge in [-0.25, -0.2) is 0 Å². The summed E-state index contributed by atoms with van der Waals surface area (Å²) in [6.45, 7) is -0.394. The quantitative estimate of drug-likeness (QED) is 0.702. The van der Waals surface area contributed by atoms with Crippen LogP contribution in [0.25, 0.3) is 0 Å². The number of aliphatic hydroxyl groups is 1. The molecule has 0 aromatic heterocycles. The first-order valence-corrected chi connectivity index (χ1v) is 4.71. The van der Waals surface area contributed by atoms with E-state index in [1.54, 1.807) is 11.8 Å². The van der Waals surface area contributed by atoms with Crippen molar-refractivity contribution in [2.45, 2.75) is 18.3 Å². The Morgan fingerprint density at radius 2 is 2.08 bits per heavy atom. The van der Waals surface area contributed by atoms with Gasteiger partial charge in [0.1, 0.15) is 0 Å². The van der Waals surface area contributed by atoms with Crippen LogP contribution < -0.4 is 5.32 Å². The van der Waals surface area contributed by atoms with Gasteiger partial charge in [-0.1, -0.05) is 0 Å². The third-order valence-corrected chi connectivity index (χ3v) is 2.89.